The second-order valence-electron chi connectivity index (χ2n) is 11.9. The fourth-order valence-electron chi connectivity index (χ4n) is 5.98. The molecule has 46 heavy (non-hydrogen) atoms. The fraction of sp³-hybridized carbons (Fsp3) is 0.242. The number of piperazine rings is 1. The summed E-state index contributed by atoms with van der Waals surface area (Å²) >= 11 is 0. The van der Waals surface area contributed by atoms with Crippen LogP contribution in [0.5, 0.6) is 0 Å². The first kappa shape index (κ1) is 29.8. The van der Waals surface area contributed by atoms with Gasteiger partial charge in [-0.3, -0.25) is 9.69 Å². The van der Waals surface area contributed by atoms with Gasteiger partial charge < -0.3 is 15.6 Å². The molecule has 0 saturated carbocycles. The molecular weight excluding hydrogens is 607 g/mol. The van der Waals surface area contributed by atoms with Crippen LogP contribution in [-0.4, -0.2) is 80.9 Å². The first-order chi connectivity index (χ1) is 22.0. The number of imidazole rings is 1. The lowest BCUT2D eigenvalue weighted by atomic mass is 10.1. The van der Waals surface area contributed by atoms with E-state index >= 15 is 4.39 Å². The van der Waals surface area contributed by atoms with E-state index < -0.39 is 21.6 Å². The average Bonchev–Trinajstić information content (AvgIpc) is 3.71. The monoisotopic (exact) mass is 640 g/mol. The molecule has 1 aliphatic heterocycles. The van der Waals surface area contributed by atoms with E-state index in [-0.39, 0.29) is 27.5 Å². The van der Waals surface area contributed by atoms with Crippen LogP contribution < -0.4 is 5.73 Å². The Bertz CT molecular complexity index is 2240. The van der Waals surface area contributed by atoms with Crippen molar-refractivity contribution in [1.82, 2.24) is 33.5 Å². The summed E-state index contributed by atoms with van der Waals surface area (Å²) in [5, 5.41) is 4.79. The zero-order chi connectivity index (χ0) is 32.3. The van der Waals surface area contributed by atoms with E-state index in [0.717, 1.165) is 47.1 Å². The molecule has 3 aromatic heterocycles. The Labute approximate surface area is 265 Å². The molecule has 1 saturated heterocycles. The maximum Gasteiger partial charge on any atom is 0.268 e. The summed E-state index contributed by atoms with van der Waals surface area (Å²) < 4.78 is 46.4. The Morgan fingerprint density at radius 1 is 1.00 bits per heavy atom. The second kappa shape index (κ2) is 11.2. The Morgan fingerprint density at radius 3 is 2.48 bits per heavy atom. The average molecular weight is 641 g/mol. The number of nitrogens with zero attached hydrogens (tertiary/aromatic N) is 6. The minimum Gasteiger partial charge on any atom is -0.383 e. The summed E-state index contributed by atoms with van der Waals surface area (Å²) in [7, 11) is -2.28. The number of aromatic nitrogens is 5. The van der Waals surface area contributed by atoms with Gasteiger partial charge in [-0.25, -0.2) is 26.4 Å². The third-order valence-electron chi connectivity index (χ3n) is 8.59. The molecule has 0 spiro atoms. The number of nitrogen functional groups attached to an aromatic ring is 1. The summed E-state index contributed by atoms with van der Waals surface area (Å²) in [6.45, 7) is 7.39. The van der Waals surface area contributed by atoms with E-state index in [4.69, 9.17) is 5.73 Å². The highest BCUT2D eigenvalue weighted by atomic mass is 32.2. The third-order valence-corrected chi connectivity index (χ3v) is 10.3. The molecule has 6 aromatic rings. The van der Waals surface area contributed by atoms with E-state index in [1.807, 2.05) is 19.9 Å². The summed E-state index contributed by atoms with van der Waals surface area (Å²) in [4.78, 5) is 26.2. The van der Waals surface area contributed by atoms with Gasteiger partial charge in [-0.1, -0.05) is 17.7 Å². The number of nitrogens with one attached hydrogen (secondary N) is 1. The summed E-state index contributed by atoms with van der Waals surface area (Å²) in [5.74, 6) is -0.418. The van der Waals surface area contributed by atoms with Crippen molar-refractivity contribution < 1.29 is 17.6 Å². The topological polar surface area (TPSA) is 135 Å². The van der Waals surface area contributed by atoms with Gasteiger partial charge in [0.25, 0.3) is 10.0 Å². The predicted octanol–water partition coefficient (Wildman–Crippen LogP) is 4.26. The van der Waals surface area contributed by atoms with Gasteiger partial charge in [-0.05, 0) is 69.4 Å². The number of carbonyl (C=O) groups is 1. The number of ketones is 1. The largest absolute Gasteiger partial charge is 0.383 e. The van der Waals surface area contributed by atoms with Gasteiger partial charge in [0, 0.05) is 43.7 Å². The van der Waals surface area contributed by atoms with Crippen LogP contribution in [0.15, 0.2) is 71.8 Å². The molecular formula is C33H33FN8O3S. The Kier molecular flexibility index (Phi) is 7.26. The molecule has 11 nitrogen and oxygen atoms in total. The molecule has 0 amide bonds. The Morgan fingerprint density at radius 2 is 1.74 bits per heavy atom. The summed E-state index contributed by atoms with van der Waals surface area (Å²) in [6.07, 6.45) is 1.32. The smallest absolute Gasteiger partial charge is 0.268 e. The lowest BCUT2D eigenvalue weighted by molar-refractivity contribution is 0.103. The predicted molar refractivity (Wildman–Crippen MR) is 174 cm³/mol. The number of benzene rings is 3. The lowest BCUT2D eigenvalue weighted by Gasteiger charge is -2.32. The van der Waals surface area contributed by atoms with Crippen LogP contribution in [0.3, 0.4) is 0 Å². The number of rotatable bonds is 7. The number of H-pyrrole nitrogens is 1. The van der Waals surface area contributed by atoms with Gasteiger partial charge >= 0.3 is 0 Å². The minimum absolute atomic E-state index is 0.0135. The zero-order valence-corrected chi connectivity index (χ0v) is 26.5. The number of hydrogen-bond acceptors (Lipinski definition) is 8. The molecule has 0 atom stereocenters. The van der Waals surface area contributed by atoms with Crippen molar-refractivity contribution in [3.05, 3.63) is 101 Å². The van der Waals surface area contributed by atoms with E-state index in [2.05, 4.69) is 31.9 Å². The van der Waals surface area contributed by atoms with E-state index in [0.29, 0.717) is 28.7 Å². The number of nitrogens with two attached hydrogens (primary N) is 1. The van der Waals surface area contributed by atoms with Gasteiger partial charge in [0.15, 0.2) is 0 Å². The van der Waals surface area contributed by atoms with E-state index in [1.165, 1.54) is 35.1 Å². The van der Waals surface area contributed by atoms with Crippen molar-refractivity contribution >= 4 is 43.6 Å². The maximum absolute atomic E-state index is 15.7. The molecule has 0 unspecified atom stereocenters. The Hall–Kier alpha value is -4.85. The van der Waals surface area contributed by atoms with Gasteiger partial charge in [0.05, 0.1) is 38.9 Å². The summed E-state index contributed by atoms with van der Waals surface area (Å²) in [5.41, 5.74) is 9.82. The van der Waals surface area contributed by atoms with Crippen LogP contribution in [0.4, 0.5) is 10.2 Å². The molecule has 236 valence electrons. The second-order valence-corrected chi connectivity index (χ2v) is 13.7. The van der Waals surface area contributed by atoms with E-state index in [9.17, 15) is 13.2 Å². The van der Waals surface area contributed by atoms with Gasteiger partial charge in [-0.2, -0.15) is 5.10 Å². The molecule has 0 radical (unpaired) electrons. The van der Waals surface area contributed by atoms with Crippen molar-refractivity contribution in [3.63, 3.8) is 0 Å². The molecule has 13 heteroatoms. The maximum atomic E-state index is 15.7. The number of anilines is 1. The molecule has 1 aliphatic rings. The van der Waals surface area contributed by atoms with Crippen molar-refractivity contribution in [2.75, 3.05) is 39.0 Å². The molecule has 1 fully saturated rings. The molecule has 7 rings (SSSR count). The minimum atomic E-state index is -4.33. The van der Waals surface area contributed by atoms with Crippen LogP contribution >= 0.6 is 0 Å². The molecule has 3 N–H and O–H groups in total. The van der Waals surface area contributed by atoms with Crippen molar-refractivity contribution in [3.8, 4) is 5.69 Å². The van der Waals surface area contributed by atoms with Crippen LogP contribution in [0.1, 0.15) is 33.0 Å². The van der Waals surface area contributed by atoms with Crippen molar-refractivity contribution in [2.24, 2.45) is 0 Å². The number of carbonyl (C=O) groups excluding carboxylic acids is 1. The SMILES string of the molecule is Cc1ccc(S(=O)(=O)n2c(C(=O)c3cnn(-c4ccc5[nH]c(C)nc5c4)c3N)cc3cc(CN4CCN(C)CC4)c(F)cc32)cc1. The van der Waals surface area contributed by atoms with E-state index in [1.54, 1.807) is 30.3 Å². The lowest BCUT2D eigenvalue weighted by Crippen LogP contribution is -2.44. The number of fused-ring (bicyclic) bond motifs is 2. The quantitative estimate of drug-likeness (QED) is 0.247. The molecule has 4 heterocycles. The first-order valence-electron chi connectivity index (χ1n) is 14.9. The van der Waals surface area contributed by atoms with Crippen LogP contribution in [-0.2, 0) is 16.6 Å². The van der Waals surface area contributed by atoms with Crippen LogP contribution in [0.25, 0.3) is 27.6 Å². The fourth-order valence-corrected chi connectivity index (χ4v) is 7.49. The van der Waals surface area contributed by atoms with Crippen molar-refractivity contribution in [1.29, 1.82) is 0 Å². The molecule has 3 aromatic carbocycles. The number of likely N-dealkylation sites (N-methyl/N-ethyl adjacent to an activating group) is 1. The number of halogens is 1. The number of aromatic amines is 1. The molecule has 0 bridgehead atoms. The standard InChI is InChI=1S/C33H33FN8O3S/c1-20-4-7-25(8-5-20)46(44,45)42-30-17-27(34)23(19-40-12-10-39(3)11-13-40)14-22(30)15-31(42)32(43)26-18-36-41(33(26)35)24-6-9-28-29(16-24)38-21(2)37-28/h4-9,14-18H,10-13,19,35H2,1-3H3,(H,37,38). The zero-order valence-electron chi connectivity index (χ0n) is 25.7. The highest BCUT2D eigenvalue weighted by molar-refractivity contribution is 7.90. The number of hydrogen-bond donors (Lipinski definition) is 2. The third kappa shape index (κ3) is 5.15. The molecule has 0 aliphatic carbocycles. The highest BCUT2D eigenvalue weighted by Gasteiger charge is 2.30. The van der Waals surface area contributed by atoms with Gasteiger partial charge in [0.1, 0.15) is 23.2 Å². The Balaban J connectivity index is 1.34. The van der Waals surface area contributed by atoms with Crippen LogP contribution in [0.2, 0.25) is 0 Å². The number of aryl methyl sites for hydroxylation is 2. The highest BCUT2D eigenvalue weighted by Crippen LogP contribution is 2.32. The van der Waals surface area contributed by atoms with Crippen molar-refractivity contribution in [2.45, 2.75) is 25.3 Å². The normalized spacial score (nSPS) is 14.9. The first-order valence-corrected chi connectivity index (χ1v) is 16.4. The summed E-state index contributed by atoms with van der Waals surface area (Å²) in [6, 6.07) is 16.1. The van der Waals surface area contributed by atoms with Crippen LogP contribution in [0, 0.1) is 19.7 Å². The van der Waals surface area contributed by atoms with Gasteiger partial charge in [-0.15, -0.1) is 0 Å². The van der Waals surface area contributed by atoms with Gasteiger partial charge in [0.2, 0.25) is 5.78 Å².